The number of aliphatic hydroxyl groups excluding tert-OH is 6. The molecule has 0 aromatic carbocycles. The molecule has 6 N–H and O–H groups in total. The molecule has 3 aliphatic carbocycles. The quantitative estimate of drug-likeness (QED) is 0.0259. The van der Waals surface area contributed by atoms with Crippen LogP contribution in [0.1, 0.15) is 448 Å². The molecule has 0 aromatic heterocycles. The Labute approximate surface area is 586 Å². The van der Waals surface area contributed by atoms with Gasteiger partial charge in [-0.1, -0.05) is 313 Å². The normalized spacial score (nSPS) is 26.7. The molecule has 3 rings (SSSR count). The van der Waals surface area contributed by atoms with Crippen molar-refractivity contribution in [2.45, 2.75) is 501 Å². The van der Waals surface area contributed by atoms with E-state index >= 15 is 0 Å². The van der Waals surface area contributed by atoms with Gasteiger partial charge in [-0.15, -0.1) is 0 Å². The summed E-state index contributed by atoms with van der Waals surface area (Å²) >= 11 is 0. The van der Waals surface area contributed by atoms with E-state index in [0.717, 1.165) is 116 Å². The monoisotopic (exact) mass is 1350 g/mol. The number of hydrogen-bond acceptors (Lipinski definition) is 9. The van der Waals surface area contributed by atoms with Crippen LogP contribution in [0.4, 0.5) is 0 Å². The molecule has 0 heterocycles. The van der Waals surface area contributed by atoms with E-state index in [9.17, 15) is 30.6 Å². The number of unbranched alkanes of at least 4 members (excludes halogenated alkanes) is 24. The van der Waals surface area contributed by atoms with Gasteiger partial charge < -0.3 is 44.2 Å². The minimum absolute atomic E-state index is 0.314. The molecular formula is C84H165O9P. The van der Waals surface area contributed by atoms with Gasteiger partial charge in [0.05, 0.1) is 53.4 Å². The molecule has 15 atom stereocenters. The zero-order chi connectivity index (χ0) is 68.6. The third-order valence-electron chi connectivity index (χ3n) is 24.3. The maximum absolute atomic E-state index is 11.8. The second kappa shape index (κ2) is 54.7. The van der Waals surface area contributed by atoms with Crippen LogP contribution in [-0.2, 0) is 13.6 Å². The van der Waals surface area contributed by atoms with E-state index in [0.29, 0.717) is 74.0 Å². The predicted octanol–water partition coefficient (Wildman–Crippen LogP) is 25.0. The summed E-state index contributed by atoms with van der Waals surface area (Å²) in [5, 5.41) is 69.4. The lowest BCUT2D eigenvalue weighted by molar-refractivity contribution is -0.143. The van der Waals surface area contributed by atoms with Crippen molar-refractivity contribution in [3.8, 4) is 0 Å². The van der Waals surface area contributed by atoms with Crippen LogP contribution in [0.5, 0.6) is 0 Å². The van der Waals surface area contributed by atoms with Gasteiger partial charge in [0.2, 0.25) is 0 Å². The van der Waals surface area contributed by atoms with Crippen molar-refractivity contribution in [1.29, 1.82) is 0 Å². The van der Waals surface area contributed by atoms with Gasteiger partial charge >= 0.3 is 8.60 Å². The largest absolute Gasteiger partial charge is 0.390 e. The number of hydrogen-bond donors (Lipinski definition) is 6. The third kappa shape index (κ3) is 33.9. The maximum Gasteiger partial charge on any atom is 0.334 e. The van der Waals surface area contributed by atoms with Crippen molar-refractivity contribution in [3.05, 3.63) is 0 Å². The van der Waals surface area contributed by atoms with Gasteiger partial charge in [0, 0.05) is 0 Å². The lowest BCUT2D eigenvalue weighted by atomic mass is 9.64. The zero-order valence-electron chi connectivity index (χ0n) is 64.2. The summed E-state index contributed by atoms with van der Waals surface area (Å²) in [5.41, 5.74) is -1.64. The first-order chi connectivity index (χ1) is 45.7. The Morgan fingerprint density at radius 1 is 0.266 bits per heavy atom. The average Bonchev–Trinajstić information content (AvgIpc) is 0.766. The SMILES string of the molecule is CCCCCCCCC1CCCC(CCCC(O)C(O)CCC)(OP(OC2(CCCC(O)C(O)CCC)CCCC(CCCCCCCC)C2CCCCCC)OC2(CCCC(O)C(O)CCC)CCCC(CCCCCCCC)C2CCCCCC)C1CCCCCC. The maximum atomic E-state index is 11.8. The Morgan fingerprint density at radius 2 is 0.479 bits per heavy atom. The lowest BCUT2D eigenvalue weighted by Crippen LogP contribution is -2.51. The van der Waals surface area contributed by atoms with Crippen LogP contribution in [0, 0.1) is 35.5 Å². The molecule has 9 nitrogen and oxygen atoms in total. The van der Waals surface area contributed by atoms with Crippen LogP contribution in [0.25, 0.3) is 0 Å². The van der Waals surface area contributed by atoms with Crippen molar-refractivity contribution in [2.75, 3.05) is 0 Å². The summed E-state index contributed by atoms with van der Waals surface area (Å²) in [6.07, 6.45) is 60.7. The zero-order valence-corrected chi connectivity index (χ0v) is 65.1. The molecule has 3 saturated carbocycles. The van der Waals surface area contributed by atoms with Crippen LogP contribution in [0.2, 0.25) is 0 Å². The molecule has 0 aliphatic heterocycles. The summed E-state index contributed by atoms with van der Waals surface area (Å²) in [4.78, 5) is 0. The highest BCUT2D eigenvalue weighted by atomic mass is 31.2. The van der Waals surface area contributed by atoms with E-state index in [4.69, 9.17) is 13.6 Å². The Kier molecular flexibility index (Phi) is 51.4. The fourth-order valence-electron chi connectivity index (χ4n) is 18.7. The van der Waals surface area contributed by atoms with Gasteiger partial charge in [0.1, 0.15) is 0 Å². The van der Waals surface area contributed by atoms with Crippen molar-refractivity contribution in [1.82, 2.24) is 0 Å². The second-order valence-corrected chi connectivity index (χ2v) is 33.1. The van der Waals surface area contributed by atoms with Gasteiger partial charge in [-0.25, -0.2) is 0 Å². The molecule has 0 amide bonds. The molecule has 0 bridgehead atoms. The van der Waals surface area contributed by atoms with E-state index in [1.807, 2.05) is 0 Å². The Hall–Kier alpha value is 0.0700. The van der Waals surface area contributed by atoms with Crippen LogP contribution in [0.3, 0.4) is 0 Å². The van der Waals surface area contributed by atoms with Crippen molar-refractivity contribution in [3.63, 3.8) is 0 Å². The minimum Gasteiger partial charge on any atom is -0.390 e. The Morgan fingerprint density at radius 3 is 0.723 bits per heavy atom. The first-order valence-corrected chi connectivity index (χ1v) is 43.8. The standard InChI is InChI=1S/C84H165O9P/c1-10-19-25-31-34-37-52-70-55-43-64-82(73(70)58-40-28-22-13-4,67-46-61-79(88)76(85)49-16-7)91-94(92-83(68-47-62-80(89)77(86)50-17-8)65-44-56-71(53-38-35-32-26-20-11-2)74(83)59-41-29-23-14-5)93-84(69-48-63-81(90)78(87)51-18-9)66-45-57-72(54-39-36-33-27-21-12-3)75(84)60-42-30-24-15-6/h70-81,85-90H,10-69H2,1-9H3. The second-order valence-electron chi connectivity index (χ2n) is 32.1. The molecule has 0 radical (unpaired) electrons. The number of aliphatic hydroxyl groups is 6. The molecule has 3 aliphatic rings. The van der Waals surface area contributed by atoms with E-state index in [1.165, 1.54) is 231 Å². The van der Waals surface area contributed by atoms with Crippen LogP contribution < -0.4 is 0 Å². The predicted molar refractivity (Wildman–Crippen MR) is 403 cm³/mol. The van der Waals surface area contributed by atoms with Crippen LogP contribution in [0.15, 0.2) is 0 Å². The van der Waals surface area contributed by atoms with E-state index in [1.54, 1.807) is 0 Å². The molecule has 10 heteroatoms. The van der Waals surface area contributed by atoms with Crippen LogP contribution in [-0.4, -0.2) is 84.1 Å². The third-order valence-corrected chi connectivity index (χ3v) is 25.8. The van der Waals surface area contributed by atoms with Gasteiger partial charge in [-0.2, -0.15) is 0 Å². The first-order valence-electron chi connectivity index (χ1n) is 42.7. The van der Waals surface area contributed by atoms with Crippen molar-refractivity contribution < 1.29 is 44.2 Å². The lowest BCUT2D eigenvalue weighted by Gasteiger charge is -2.55. The van der Waals surface area contributed by atoms with E-state index < -0.39 is 62.0 Å². The molecule has 0 aromatic rings. The smallest absolute Gasteiger partial charge is 0.334 e. The van der Waals surface area contributed by atoms with Crippen LogP contribution >= 0.6 is 8.60 Å². The highest BCUT2D eigenvalue weighted by Crippen LogP contribution is 2.65. The molecule has 560 valence electrons. The topological polar surface area (TPSA) is 149 Å². The van der Waals surface area contributed by atoms with Gasteiger partial charge in [0.15, 0.2) is 0 Å². The molecule has 3 fully saturated rings. The highest BCUT2D eigenvalue weighted by Gasteiger charge is 2.56. The number of rotatable bonds is 63. The molecular weight excluding hydrogens is 1180 g/mol. The van der Waals surface area contributed by atoms with Crippen molar-refractivity contribution >= 4 is 8.60 Å². The fourth-order valence-corrected chi connectivity index (χ4v) is 20.6. The van der Waals surface area contributed by atoms with Crippen molar-refractivity contribution in [2.24, 2.45) is 35.5 Å². The molecule has 0 saturated heterocycles. The molecule has 0 spiro atoms. The van der Waals surface area contributed by atoms with Gasteiger partial charge in [0.25, 0.3) is 0 Å². The molecule has 15 unspecified atom stereocenters. The summed E-state index contributed by atoms with van der Waals surface area (Å²) in [7, 11) is -2.03. The minimum atomic E-state index is -2.03. The summed E-state index contributed by atoms with van der Waals surface area (Å²) in [5.74, 6) is 2.51. The summed E-state index contributed by atoms with van der Waals surface area (Å²) < 4.78 is 26.1. The van der Waals surface area contributed by atoms with E-state index in [2.05, 4.69) is 62.3 Å². The molecule has 94 heavy (non-hydrogen) atoms. The van der Waals surface area contributed by atoms with Gasteiger partial charge in [-0.05, 0) is 170 Å². The Bertz CT molecular complexity index is 1520. The summed E-state index contributed by atoms with van der Waals surface area (Å²) in [6, 6.07) is 0. The van der Waals surface area contributed by atoms with Gasteiger partial charge in [-0.3, -0.25) is 0 Å². The first kappa shape index (κ1) is 88.3. The average molecular weight is 1350 g/mol. The Balaban J connectivity index is 2.55. The van der Waals surface area contributed by atoms with E-state index in [-0.39, 0.29) is 0 Å². The summed E-state index contributed by atoms with van der Waals surface area (Å²) in [6.45, 7) is 20.3. The fraction of sp³-hybridized carbons (Fsp3) is 1.00. The highest BCUT2D eigenvalue weighted by molar-refractivity contribution is 7.41.